The van der Waals surface area contributed by atoms with Crippen LogP contribution >= 0.6 is 0 Å². The molecule has 204 valence electrons. The van der Waals surface area contributed by atoms with E-state index in [1.54, 1.807) is 37.5 Å². The van der Waals surface area contributed by atoms with Gasteiger partial charge in [-0.1, -0.05) is 39.0 Å². The molecule has 0 spiro atoms. The summed E-state index contributed by atoms with van der Waals surface area (Å²) in [5.74, 6) is -1.25. The smallest absolute Gasteiger partial charge is 0.395 e. The van der Waals surface area contributed by atoms with Crippen LogP contribution in [0.25, 0.3) is 0 Å². The van der Waals surface area contributed by atoms with Crippen LogP contribution in [0.2, 0.25) is 0 Å². The molecule has 10 heteroatoms. The third-order valence-corrected chi connectivity index (χ3v) is 6.27. The van der Waals surface area contributed by atoms with Gasteiger partial charge in [0.1, 0.15) is 0 Å². The van der Waals surface area contributed by atoms with Crippen LogP contribution < -0.4 is 19.7 Å². The van der Waals surface area contributed by atoms with Gasteiger partial charge in [0.25, 0.3) is 5.91 Å². The summed E-state index contributed by atoms with van der Waals surface area (Å²) in [6, 6.07) is 13.1. The van der Waals surface area contributed by atoms with Crippen LogP contribution in [0.15, 0.2) is 60.9 Å². The Kier molecular flexibility index (Phi) is 7.67. The number of rotatable bonds is 8. The Morgan fingerprint density at radius 3 is 2.46 bits per heavy atom. The quantitative estimate of drug-likeness (QED) is 0.390. The van der Waals surface area contributed by atoms with Gasteiger partial charge in [0.05, 0.1) is 6.54 Å². The zero-order valence-corrected chi connectivity index (χ0v) is 22.2. The average Bonchev–Trinajstić information content (AvgIpc) is 3.20. The van der Waals surface area contributed by atoms with Gasteiger partial charge < -0.3 is 25.1 Å². The minimum Gasteiger partial charge on any atom is -0.395 e. The first-order chi connectivity index (χ1) is 18.4. The molecule has 0 radical (unpaired) electrons. The summed E-state index contributed by atoms with van der Waals surface area (Å²) in [6.07, 6.45) is -0.151. The zero-order chi connectivity index (χ0) is 28.4. The van der Waals surface area contributed by atoms with Crippen molar-refractivity contribution >= 4 is 23.2 Å². The second-order valence-electron chi connectivity index (χ2n) is 10.1. The van der Waals surface area contributed by atoms with Crippen LogP contribution in [0.5, 0.6) is 11.5 Å². The van der Waals surface area contributed by atoms with E-state index in [0.717, 1.165) is 11.1 Å². The number of nitrogens with zero attached hydrogens (tertiary/aromatic N) is 2. The lowest BCUT2D eigenvalue weighted by Crippen LogP contribution is -2.40. The Morgan fingerprint density at radius 1 is 1.05 bits per heavy atom. The molecule has 4 rings (SSSR count). The highest BCUT2D eigenvalue weighted by molar-refractivity contribution is 6.10. The Hall–Kier alpha value is -4.34. The molecule has 2 heterocycles. The lowest BCUT2D eigenvalue weighted by atomic mass is 9.84. The van der Waals surface area contributed by atoms with Crippen molar-refractivity contribution in [2.45, 2.75) is 45.8 Å². The number of hydrogen-bond acceptors (Lipinski definition) is 6. The van der Waals surface area contributed by atoms with Gasteiger partial charge in [0.2, 0.25) is 5.91 Å². The van der Waals surface area contributed by atoms with E-state index in [2.05, 4.69) is 19.8 Å². The van der Waals surface area contributed by atoms with Crippen LogP contribution in [0, 0.1) is 5.41 Å². The van der Waals surface area contributed by atoms with Gasteiger partial charge in [-0.25, -0.2) is 0 Å². The largest absolute Gasteiger partial charge is 0.586 e. The van der Waals surface area contributed by atoms with Crippen LogP contribution in [-0.4, -0.2) is 41.9 Å². The number of nitrogens with one attached hydrogen (secondary N) is 2. The minimum absolute atomic E-state index is 0.124. The molecule has 1 aliphatic heterocycles. The number of amides is 2. The van der Waals surface area contributed by atoms with E-state index in [1.807, 2.05) is 32.9 Å². The lowest BCUT2D eigenvalue weighted by Gasteiger charge is -2.23. The monoisotopic (exact) mass is 536 g/mol. The van der Waals surface area contributed by atoms with Crippen molar-refractivity contribution in [2.75, 3.05) is 18.0 Å². The van der Waals surface area contributed by atoms with Crippen LogP contribution in [0.4, 0.5) is 14.5 Å². The van der Waals surface area contributed by atoms with Gasteiger partial charge in [0, 0.05) is 54.0 Å². The summed E-state index contributed by atoms with van der Waals surface area (Å²) in [7, 11) is 0. The molecule has 0 saturated carbocycles. The number of fused-ring (bicyclic) bond motifs is 1. The first-order valence-electron chi connectivity index (χ1n) is 12.5. The predicted octanol–water partition coefficient (Wildman–Crippen LogP) is 5.09. The SMILES string of the molecule is CCN(C(=O)CNC(=O)c1cc(C(C)(C)C)ccc1C(=N)Cc1cccnc1)c1ccc2c(c1)OC(F)(F)O2. The highest BCUT2D eigenvalue weighted by atomic mass is 19.3. The third-order valence-electron chi connectivity index (χ3n) is 6.27. The number of hydrogen-bond donors (Lipinski definition) is 2. The van der Waals surface area contributed by atoms with Crippen molar-refractivity contribution in [2.24, 2.45) is 0 Å². The molecule has 39 heavy (non-hydrogen) atoms. The standard InChI is InChI=1S/C29H30F2N4O4/c1-5-35(20-9-11-24-25(15-20)39-29(30,31)38-24)26(36)17-34-27(37)22-14-19(28(2,3)4)8-10-21(22)23(32)13-18-7-6-12-33-16-18/h6-12,14-16,32H,5,13,17H2,1-4H3,(H,34,37). The molecule has 2 amide bonds. The van der Waals surface area contributed by atoms with Gasteiger partial charge in [-0.05, 0) is 47.7 Å². The number of carbonyl (C=O) groups is 2. The molecule has 0 unspecified atom stereocenters. The molecular formula is C29H30F2N4O4. The maximum absolute atomic E-state index is 13.4. The number of aromatic nitrogens is 1. The first kappa shape index (κ1) is 27.7. The predicted molar refractivity (Wildman–Crippen MR) is 143 cm³/mol. The van der Waals surface area contributed by atoms with Crippen molar-refractivity contribution in [3.63, 3.8) is 0 Å². The number of ether oxygens (including phenoxy) is 2. The molecule has 0 bridgehead atoms. The third kappa shape index (κ3) is 6.39. The van der Waals surface area contributed by atoms with Gasteiger partial charge in [-0.3, -0.25) is 14.6 Å². The van der Waals surface area contributed by atoms with Gasteiger partial charge in [-0.15, -0.1) is 8.78 Å². The number of anilines is 1. The maximum Gasteiger partial charge on any atom is 0.586 e. The normalized spacial score (nSPS) is 13.6. The second-order valence-corrected chi connectivity index (χ2v) is 10.1. The molecule has 0 fully saturated rings. The van der Waals surface area contributed by atoms with Crippen LogP contribution in [-0.2, 0) is 16.6 Å². The van der Waals surface area contributed by atoms with Gasteiger partial charge >= 0.3 is 6.29 Å². The van der Waals surface area contributed by atoms with E-state index in [4.69, 9.17) is 5.41 Å². The minimum atomic E-state index is -3.76. The lowest BCUT2D eigenvalue weighted by molar-refractivity contribution is -0.286. The fourth-order valence-electron chi connectivity index (χ4n) is 4.22. The van der Waals surface area contributed by atoms with E-state index in [-0.39, 0.29) is 47.7 Å². The van der Waals surface area contributed by atoms with Crippen LogP contribution in [0.1, 0.15) is 54.7 Å². The number of benzene rings is 2. The van der Waals surface area contributed by atoms with E-state index < -0.39 is 18.1 Å². The molecule has 2 aromatic carbocycles. The molecule has 2 N–H and O–H groups in total. The molecule has 1 aliphatic rings. The molecule has 0 aliphatic carbocycles. The van der Waals surface area contributed by atoms with Crippen molar-refractivity contribution in [3.8, 4) is 11.5 Å². The van der Waals surface area contributed by atoms with Crippen LogP contribution in [0.3, 0.4) is 0 Å². The summed E-state index contributed by atoms with van der Waals surface area (Å²) in [5.41, 5.74) is 2.81. The Bertz CT molecular complexity index is 1400. The summed E-state index contributed by atoms with van der Waals surface area (Å²) in [6.45, 7) is 7.68. The second kappa shape index (κ2) is 10.8. The highest BCUT2D eigenvalue weighted by Crippen LogP contribution is 2.42. The van der Waals surface area contributed by atoms with E-state index in [1.165, 1.54) is 23.1 Å². The van der Waals surface area contributed by atoms with Crippen molar-refractivity contribution in [1.29, 1.82) is 5.41 Å². The van der Waals surface area contributed by atoms with E-state index in [9.17, 15) is 18.4 Å². The molecule has 8 nitrogen and oxygen atoms in total. The van der Waals surface area contributed by atoms with Crippen molar-refractivity contribution < 1.29 is 27.8 Å². The Morgan fingerprint density at radius 2 is 1.79 bits per heavy atom. The first-order valence-corrected chi connectivity index (χ1v) is 12.5. The molecular weight excluding hydrogens is 506 g/mol. The maximum atomic E-state index is 13.4. The molecule has 0 saturated heterocycles. The van der Waals surface area contributed by atoms with E-state index >= 15 is 0 Å². The summed E-state index contributed by atoms with van der Waals surface area (Å²) in [5, 5.41) is 11.4. The number of carbonyl (C=O) groups excluding carboxylic acids is 2. The fourth-order valence-corrected chi connectivity index (χ4v) is 4.22. The van der Waals surface area contributed by atoms with E-state index in [0.29, 0.717) is 11.3 Å². The van der Waals surface area contributed by atoms with Gasteiger partial charge in [-0.2, -0.15) is 0 Å². The van der Waals surface area contributed by atoms with Crippen molar-refractivity contribution in [1.82, 2.24) is 10.3 Å². The summed E-state index contributed by atoms with van der Waals surface area (Å²) in [4.78, 5) is 31.9. The molecule has 0 atom stereocenters. The highest BCUT2D eigenvalue weighted by Gasteiger charge is 2.43. The van der Waals surface area contributed by atoms with Gasteiger partial charge in [0.15, 0.2) is 11.5 Å². The van der Waals surface area contributed by atoms with Crippen molar-refractivity contribution in [3.05, 3.63) is 83.2 Å². The Labute approximate surface area is 225 Å². The number of likely N-dealkylation sites (N-methyl/N-ethyl adjacent to an activating group) is 1. The topological polar surface area (TPSA) is 105 Å². The zero-order valence-electron chi connectivity index (χ0n) is 22.2. The summed E-state index contributed by atoms with van der Waals surface area (Å²) >= 11 is 0. The fraction of sp³-hybridized carbons (Fsp3) is 0.310. The number of pyridine rings is 1. The molecule has 1 aromatic heterocycles. The number of alkyl halides is 2. The summed E-state index contributed by atoms with van der Waals surface area (Å²) < 4.78 is 35.7. The Balaban J connectivity index is 1.53. The molecule has 3 aromatic rings. The average molecular weight is 537 g/mol. The number of halogens is 2.